The van der Waals surface area contributed by atoms with Gasteiger partial charge in [-0.2, -0.15) is 0 Å². The van der Waals surface area contributed by atoms with E-state index in [9.17, 15) is 9.50 Å². The Hall–Kier alpha value is -2.20. The van der Waals surface area contributed by atoms with E-state index >= 15 is 0 Å². The van der Waals surface area contributed by atoms with Gasteiger partial charge in [0.1, 0.15) is 17.2 Å². The number of furan rings is 1. The third-order valence-electron chi connectivity index (χ3n) is 2.73. The first-order valence-corrected chi connectivity index (χ1v) is 5.52. The van der Waals surface area contributed by atoms with Gasteiger partial charge in [0.2, 0.25) is 0 Å². The Labute approximate surface area is 103 Å². The van der Waals surface area contributed by atoms with E-state index in [1.54, 1.807) is 36.5 Å². The molecule has 0 aliphatic carbocycles. The van der Waals surface area contributed by atoms with Crippen LogP contribution in [0.3, 0.4) is 0 Å². The number of benzene rings is 1. The van der Waals surface area contributed by atoms with Crippen molar-refractivity contribution < 1.29 is 13.9 Å². The molecule has 18 heavy (non-hydrogen) atoms. The number of rotatable bonds is 2. The lowest BCUT2D eigenvalue weighted by Gasteiger charge is -2.05. The van der Waals surface area contributed by atoms with E-state index < -0.39 is 6.10 Å². The zero-order chi connectivity index (χ0) is 12.5. The highest BCUT2D eigenvalue weighted by Gasteiger charge is 2.16. The van der Waals surface area contributed by atoms with Crippen molar-refractivity contribution >= 4 is 11.0 Å². The molecule has 2 heterocycles. The summed E-state index contributed by atoms with van der Waals surface area (Å²) in [6.07, 6.45) is 0.655. The SMILES string of the molecule is OC(c1ccccn1)c1cc2cc(F)ccc2o1. The van der Waals surface area contributed by atoms with Crippen LogP contribution in [0.15, 0.2) is 53.1 Å². The first-order valence-electron chi connectivity index (χ1n) is 5.52. The summed E-state index contributed by atoms with van der Waals surface area (Å²) >= 11 is 0. The van der Waals surface area contributed by atoms with Gasteiger partial charge in [-0.3, -0.25) is 4.98 Å². The van der Waals surface area contributed by atoms with Crippen LogP contribution in [0.25, 0.3) is 11.0 Å². The highest BCUT2D eigenvalue weighted by molar-refractivity contribution is 5.78. The van der Waals surface area contributed by atoms with E-state index in [2.05, 4.69) is 4.98 Å². The fourth-order valence-corrected chi connectivity index (χ4v) is 1.85. The van der Waals surface area contributed by atoms with Gasteiger partial charge in [0, 0.05) is 11.6 Å². The second kappa shape index (κ2) is 4.23. The molecule has 0 saturated heterocycles. The molecule has 3 nitrogen and oxygen atoms in total. The topological polar surface area (TPSA) is 46.3 Å². The molecule has 90 valence electrons. The van der Waals surface area contributed by atoms with Gasteiger partial charge in [-0.05, 0) is 36.4 Å². The van der Waals surface area contributed by atoms with Crippen molar-refractivity contribution in [1.29, 1.82) is 0 Å². The number of aromatic nitrogens is 1. The smallest absolute Gasteiger partial charge is 0.153 e. The Morgan fingerprint density at radius 2 is 2.06 bits per heavy atom. The number of fused-ring (bicyclic) bond motifs is 1. The molecule has 1 unspecified atom stereocenters. The Bertz CT molecular complexity index is 679. The highest BCUT2D eigenvalue weighted by Crippen LogP contribution is 2.27. The van der Waals surface area contributed by atoms with Gasteiger partial charge in [0.25, 0.3) is 0 Å². The predicted octanol–water partition coefficient (Wildman–Crippen LogP) is 3.05. The number of hydrogen-bond donors (Lipinski definition) is 1. The number of nitrogens with zero attached hydrogens (tertiary/aromatic N) is 1. The maximum Gasteiger partial charge on any atom is 0.153 e. The standard InChI is InChI=1S/C14H10FNO2/c15-10-4-5-12-9(7-10)8-13(18-12)14(17)11-3-1-2-6-16-11/h1-8,14,17H. The van der Waals surface area contributed by atoms with Crippen molar-refractivity contribution in [2.24, 2.45) is 0 Å². The van der Waals surface area contributed by atoms with Crippen molar-refractivity contribution in [2.75, 3.05) is 0 Å². The van der Waals surface area contributed by atoms with Crippen LogP contribution in [-0.4, -0.2) is 10.1 Å². The van der Waals surface area contributed by atoms with Gasteiger partial charge in [0.15, 0.2) is 6.10 Å². The Kier molecular flexibility index (Phi) is 2.57. The zero-order valence-corrected chi connectivity index (χ0v) is 9.38. The largest absolute Gasteiger partial charge is 0.458 e. The normalized spacial score (nSPS) is 12.8. The third-order valence-corrected chi connectivity index (χ3v) is 2.73. The van der Waals surface area contributed by atoms with Crippen molar-refractivity contribution in [1.82, 2.24) is 4.98 Å². The molecule has 0 aliphatic rings. The fourth-order valence-electron chi connectivity index (χ4n) is 1.85. The summed E-state index contributed by atoms with van der Waals surface area (Å²) in [6, 6.07) is 11.1. The molecule has 2 aromatic heterocycles. The van der Waals surface area contributed by atoms with Crippen LogP contribution in [0.5, 0.6) is 0 Å². The minimum atomic E-state index is -0.943. The van der Waals surface area contributed by atoms with E-state index in [-0.39, 0.29) is 5.82 Å². The van der Waals surface area contributed by atoms with Crippen molar-refractivity contribution in [2.45, 2.75) is 6.10 Å². The van der Waals surface area contributed by atoms with Gasteiger partial charge >= 0.3 is 0 Å². The molecule has 0 saturated carbocycles. The number of hydrogen-bond acceptors (Lipinski definition) is 3. The van der Waals surface area contributed by atoms with E-state index in [1.807, 2.05) is 0 Å². The lowest BCUT2D eigenvalue weighted by atomic mass is 10.1. The summed E-state index contributed by atoms with van der Waals surface area (Å²) in [5.41, 5.74) is 1.04. The summed E-state index contributed by atoms with van der Waals surface area (Å²) in [7, 11) is 0. The zero-order valence-electron chi connectivity index (χ0n) is 9.38. The van der Waals surface area contributed by atoms with Crippen LogP contribution in [-0.2, 0) is 0 Å². The quantitative estimate of drug-likeness (QED) is 0.752. The summed E-state index contributed by atoms with van der Waals surface area (Å²) < 4.78 is 18.5. The molecule has 0 amide bonds. The maximum absolute atomic E-state index is 13.1. The lowest BCUT2D eigenvalue weighted by molar-refractivity contribution is 0.187. The molecule has 0 fully saturated rings. The van der Waals surface area contributed by atoms with Crippen LogP contribution in [0, 0.1) is 5.82 Å². The number of aliphatic hydroxyl groups excluding tert-OH is 1. The van der Waals surface area contributed by atoms with Gasteiger partial charge in [-0.25, -0.2) is 4.39 Å². The molecule has 3 aromatic rings. The van der Waals surface area contributed by atoms with E-state index in [0.717, 1.165) is 0 Å². The Morgan fingerprint density at radius 1 is 1.17 bits per heavy atom. The third kappa shape index (κ3) is 1.87. The minimum Gasteiger partial charge on any atom is -0.458 e. The van der Waals surface area contributed by atoms with Gasteiger partial charge < -0.3 is 9.52 Å². The summed E-state index contributed by atoms with van der Waals surface area (Å²) in [5, 5.41) is 10.7. The molecule has 0 aliphatic heterocycles. The summed E-state index contributed by atoms with van der Waals surface area (Å²) in [5.74, 6) is 0.0245. The average Bonchev–Trinajstić information content (AvgIpc) is 2.81. The van der Waals surface area contributed by atoms with Crippen molar-refractivity contribution in [3.8, 4) is 0 Å². The molecule has 0 bridgehead atoms. The van der Waals surface area contributed by atoms with Crippen molar-refractivity contribution in [3.63, 3.8) is 0 Å². The monoisotopic (exact) mass is 243 g/mol. The number of halogens is 1. The molecular formula is C14H10FNO2. The Morgan fingerprint density at radius 3 is 2.83 bits per heavy atom. The van der Waals surface area contributed by atoms with Crippen molar-refractivity contribution in [3.05, 3.63) is 65.9 Å². The van der Waals surface area contributed by atoms with Gasteiger partial charge in [0.05, 0.1) is 5.69 Å². The summed E-state index contributed by atoms with van der Waals surface area (Å²) in [6.45, 7) is 0. The number of pyridine rings is 1. The molecule has 1 atom stereocenters. The van der Waals surface area contributed by atoms with E-state index in [1.165, 1.54) is 12.1 Å². The highest BCUT2D eigenvalue weighted by atomic mass is 19.1. The average molecular weight is 243 g/mol. The van der Waals surface area contributed by atoms with Gasteiger partial charge in [-0.1, -0.05) is 6.07 Å². The van der Waals surface area contributed by atoms with Crippen LogP contribution in [0.4, 0.5) is 4.39 Å². The number of aliphatic hydroxyl groups is 1. The Balaban J connectivity index is 2.04. The molecule has 1 N–H and O–H groups in total. The second-order valence-electron chi connectivity index (χ2n) is 3.99. The van der Waals surface area contributed by atoms with Crippen LogP contribution >= 0.6 is 0 Å². The molecule has 0 radical (unpaired) electrons. The van der Waals surface area contributed by atoms with Crippen LogP contribution < -0.4 is 0 Å². The molecular weight excluding hydrogens is 233 g/mol. The molecule has 1 aromatic carbocycles. The van der Waals surface area contributed by atoms with E-state index in [0.29, 0.717) is 22.4 Å². The first-order chi connectivity index (χ1) is 8.74. The lowest BCUT2D eigenvalue weighted by Crippen LogP contribution is -1.99. The maximum atomic E-state index is 13.1. The molecule has 3 rings (SSSR count). The minimum absolute atomic E-state index is 0.331. The second-order valence-corrected chi connectivity index (χ2v) is 3.99. The van der Waals surface area contributed by atoms with E-state index in [4.69, 9.17) is 4.42 Å². The first kappa shape index (κ1) is 10.9. The summed E-state index contributed by atoms with van der Waals surface area (Å²) in [4.78, 5) is 4.06. The predicted molar refractivity (Wildman–Crippen MR) is 64.5 cm³/mol. The molecule has 4 heteroatoms. The van der Waals surface area contributed by atoms with Crippen LogP contribution in [0.2, 0.25) is 0 Å². The van der Waals surface area contributed by atoms with Gasteiger partial charge in [-0.15, -0.1) is 0 Å². The fraction of sp³-hybridized carbons (Fsp3) is 0.0714. The molecule has 0 spiro atoms. The van der Waals surface area contributed by atoms with Crippen LogP contribution in [0.1, 0.15) is 17.6 Å².